The predicted octanol–water partition coefficient (Wildman–Crippen LogP) is 6.82. The third-order valence-corrected chi connectivity index (χ3v) is 5.20. The molecule has 0 radical (unpaired) electrons. The molecule has 1 unspecified atom stereocenters. The molecule has 1 atom stereocenters. The topological polar surface area (TPSA) is 0 Å². The number of hydrogen-bond donors (Lipinski definition) is 0. The molecule has 0 aromatic heterocycles. The van der Waals surface area contributed by atoms with Crippen LogP contribution in [0.15, 0.2) is 42.5 Å². The van der Waals surface area contributed by atoms with Crippen molar-refractivity contribution >= 4 is 39.1 Å². The lowest BCUT2D eigenvalue weighted by Crippen LogP contribution is -1.95. The Morgan fingerprint density at radius 3 is 2.40 bits per heavy atom. The van der Waals surface area contributed by atoms with Crippen LogP contribution in [0.5, 0.6) is 0 Å². The normalized spacial score (nSPS) is 12.4. The van der Waals surface area contributed by atoms with Crippen LogP contribution in [0, 0.1) is 0 Å². The first-order valence-electron chi connectivity index (χ1n) is 6.80. The third kappa shape index (κ3) is 3.78. The van der Waals surface area contributed by atoms with Gasteiger partial charge in [0.2, 0.25) is 0 Å². The Morgan fingerprint density at radius 2 is 1.75 bits per heavy atom. The van der Waals surface area contributed by atoms with Crippen LogP contribution in [-0.2, 0) is 6.42 Å². The molecule has 0 fully saturated rings. The summed E-state index contributed by atoms with van der Waals surface area (Å²) in [7, 11) is 0. The van der Waals surface area contributed by atoms with Crippen molar-refractivity contribution in [3.05, 3.63) is 69.2 Å². The molecule has 0 aliphatic heterocycles. The molecule has 3 heteroatoms. The molecule has 2 aromatic rings. The molecule has 0 nitrogen and oxygen atoms in total. The summed E-state index contributed by atoms with van der Waals surface area (Å²) in [5.74, 6) is 0. The Bertz CT molecular complexity index is 564. The van der Waals surface area contributed by atoms with Crippen molar-refractivity contribution in [2.24, 2.45) is 0 Å². The highest BCUT2D eigenvalue weighted by Crippen LogP contribution is 2.38. The lowest BCUT2D eigenvalue weighted by atomic mass is 10.0. The molecule has 20 heavy (non-hydrogen) atoms. The maximum Gasteiger partial charge on any atom is 0.0659 e. The van der Waals surface area contributed by atoms with Crippen LogP contribution in [0.1, 0.15) is 41.3 Å². The van der Waals surface area contributed by atoms with Crippen molar-refractivity contribution in [1.29, 1.82) is 0 Å². The number of halogens is 3. The summed E-state index contributed by atoms with van der Waals surface area (Å²) in [6, 6.07) is 14.4. The number of alkyl halides is 1. The minimum atomic E-state index is 0.0638. The van der Waals surface area contributed by atoms with Gasteiger partial charge in [-0.1, -0.05) is 88.9 Å². The van der Waals surface area contributed by atoms with Crippen LogP contribution in [0.3, 0.4) is 0 Å². The van der Waals surface area contributed by atoms with Gasteiger partial charge in [-0.3, -0.25) is 0 Å². The van der Waals surface area contributed by atoms with Crippen molar-refractivity contribution in [3.63, 3.8) is 0 Å². The Balaban J connectivity index is 2.20. The number of hydrogen-bond acceptors (Lipinski definition) is 0. The predicted molar refractivity (Wildman–Crippen MR) is 92.3 cm³/mol. The fourth-order valence-corrected chi connectivity index (χ4v) is 3.37. The van der Waals surface area contributed by atoms with E-state index in [-0.39, 0.29) is 4.83 Å². The first-order valence-corrected chi connectivity index (χ1v) is 8.47. The lowest BCUT2D eigenvalue weighted by Gasteiger charge is -2.14. The molecule has 0 saturated carbocycles. The molecule has 2 rings (SSSR count). The van der Waals surface area contributed by atoms with Crippen LogP contribution >= 0.6 is 39.1 Å². The van der Waals surface area contributed by atoms with E-state index in [1.165, 1.54) is 24.0 Å². The zero-order chi connectivity index (χ0) is 14.5. The number of benzene rings is 2. The van der Waals surface area contributed by atoms with Crippen molar-refractivity contribution < 1.29 is 0 Å². The summed E-state index contributed by atoms with van der Waals surface area (Å²) in [5, 5.41) is 1.21. The maximum atomic E-state index is 6.28. The molecule has 0 N–H and O–H groups in total. The van der Waals surface area contributed by atoms with Crippen molar-refractivity contribution in [3.8, 4) is 0 Å². The summed E-state index contributed by atoms with van der Waals surface area (Å²) in [6.45, 7) is 2.21. The van der Waals surface area contributed by atoms with Gasteiger partial charge in [-0.15, -0.1) is 0 Å². The molecular formula is C17H17BrCl2. The molecule has 2 aromatic carbocycles. The van der Waals surface area contributed by atoms with Gasteiger partial charge >= 0.3 is 0 Å². The van der Waals surface area contributed by atoms with Gasteiger partial charge in [-0.05, 0) is 35.6 Å². The minimum absolute atomic E-state index is 0.0638. The summed E-state index contributed by atoms with van der Waals surface area (Å²) in [5.41, 5.74) is 3.57. The van der Waals surface area contributed by atoms with Gasteiger partial charge in [0.25, 0.3) is 0 Å². The Morgan fingerprint density at radius 1 is 1.05 bits per heavy atom. The molecule has 0 amide bonds. The average molecular weight is 372 g/mol. The van der Waals surface area contributed by atoms with E-state index >= 15 is 0 Å². The molecule has 0 heterocycles. The van der Waals surface area contributed by atoms with Gasteiger partial charge in [-0.2, -0.15) is 0 Å². The van der Waals surface area contributed by atoms with E-state index in [9.17, 15) is 0 Å². The third-order valence-electron chi connectivity index (χ3n) is 3.35. The molecule has 0 aliphatic carbocycles. The summed E-state index contributed by atoms with van der Waals surface area (Å²) in [6.07, 6.45) is 3.60. The SMILES string of the molecule is CCCCc1ccc(C(Br)c2cccc(Cl)c2Cl)cc1. The quantitative estimate of drug-likeness (QED) is 0.505. The summed E-state index contributed by atoms with van der Waals surface area (Å²) >= 11 is 16.1. The van der Waals surface area contributed by atoms with Gasteiger partial charge in [-0.25, -0.2) is 0 Å². The standard InChI is InChI=1S/C17H17BrCl2/c1-2-3-5-12-8-10-13(11-9-12)16(18)14-6-4-7-15(19)17(14)20/h4,6-11,16H,2-3,5H2,1H3. The van der Waals surface area contributed by atoms with Crippen LogP contribution in [0.4, 0.5) is 0 Å². The van der Waals surface area contributed by atoms with Gasteiger partial charge in [0.1, 0.15) is 0 Å². The Kier molecular flexibility index (Phi) is 5.95. The number of rotatable bonds is 5. The Hall–Kier alpha value is -0.500. The molecule has 106 valence electrons. The largest absolute Gasteiger partial charge is 0.0827 e. The minimum Gasteiger partial charge on any atom is -0.0827 e. The van der Waals surface area contributed by atoms with Crippen molar-refractivity contribution in [2.75, 3.05) is 0 Å². The van der Waals surface area contributed by atoms with E-state index in [4.69, 9.17) is 23.2 Å². The highest BCUT2D eigenvalue weighted by molar-refractivity contribution is 9.09. The van der Waals surface area contributed by atoms with E-state index in [0.29, 0.717) is 10.0 Å². The highest BCUT2D eigenvalue weighted by Gasteiger charge is 2.15. The monoisotopic (exact) mass is 370 g/mol. The Labute approximate surface area is 139 Å². The fraction of sp³-hybridized carbons (Fsp3) is 0.294. The second-order valence-corrected chi connectivity index (χ2v) is 6.55. The molecule has 0 saturated heterocycles. The lowest BCUT2D eigenvalue weighted by molar-refractivity contribution is 0.795. The molecule has 0 aliphatic rings. The van der Waals surface area contributed by atoms with E-state index in [1.54, 1.807) is 6.07 Å². The highest BCUT2D eigenvalue weighted by atomic mass is 79.9. The van der Waals surface area contributed by atoms with Crippen molar-refractivity contribution in [1.82, 2.24) is 0 Å². The van der Waals surface area contributed by atoms with Crippen LogP contribution in [-0.4, -0.2) is 0 Å². The van der Waals surface area contributed by atoms with E-state index < -0.39 is 0 Å². The van der Waals surface area contributed by atoms with E-state index in [0.717, 1.165) is 12.0 Å². The van der Waals surface area contributed by atoms with Crippen LogP contribution in [0.25, 0.3) is 0 Å². The molecular weight excluding hydrogens is 355 g/mol. The molecule has 0 spiro atoms. The molecule has 0 bridgehead atoms. The fourth-order valence-electron chi connectivity index (χ4n) is 2.13. The zero-order valence-corrected chi connectivity index (χ0v) is 14.5. The maximum absolute atomic E-state index is 6.28. The zero-order valence-electron chi connectivity index (χ0n) is 11.4. The van der Waals surface area contributed by atoms with Crippen LogP contribution < -0.4 is 0 Å². The second kappa shape index (κ2) is 7.49. The number of unbranched alkanes of at least 4 members (excludes halogenated alkanes) is 1. The van der Waals surface area contributed by atoms with Crippen LogP contribution in [0.2, 0.25) is 10.0 Å². The van der Waals surface area contributed by atoms with Gasteiger partial charge < -0.3 is 0 Å². The first-order chi connectivity index (χ1) is 9.63. The summed E-state index contributed by atoms with van der Waals surface area (Å²) < 4.78 is 0. The first kappa shape index (κ1) is 15.9. The second-order valence-electron chi connectivity index (χ2n) is 4.85. The van der Waals surface area contributed by atoms with E-state index in [2.05, 4.69) is 47.1 Å². The van der Waals surface area contributed by atoms with Gasteiger partial charge in [0.15, 0.2) is 0 Å². The van der Waals surface area contributed by atoms with Crippen molar-refractivity contribution in [2.45, 2.75) is 31.0 Å². The van der Waals surface area contributed by atoms with Gasteiger partial charge in [0, 0.05) is 0 Å². The average Bonchev–Trinajstić information content (AvgIpc) is 2.48. The summed E-state index contributed by atoms with van der Waals surface area (Å²) in [4.78, 5) is 0.0638. The van der Waals surface area contributed by atoms with Gasteiger partial charge in [0.05, 0.1) is 14.9 Å². The van der Waals surface area contributed by atoms with E-state index in [1.807, 2.05) is 12.1 Å². The smallest absolute Gasteiger partial charge is 0.0659 e. The number of aryl methyl sites for hydroxylation is 1.